The second-order valence-corrected chi connectivity index (χ2v) is 7.13. The van der Waals surface area contributed by atoms with Crippen molar-refractivity contribution in [2.24, 2.45) is 0 Å². The summed E-state index contributed by atoms with van der Waals surface area (Å²) in [5.74, 6) is 0. The van der Waals surface area contributed by atoms with Crippen LogP contribution in [0.25, 0.3) is 11.3 Å². The molecular formula is C20H23N3O2. The molecule has 1 unspecified atom stereocenters. The van der Waals surface area contributed by atoms with Gasteiger partial charge in [0.05, 0.1) is 12.2 Å². The van der Waals surface area contributed by atoms with Gasteiger partial charge in [-0.1, -0.05) is 30.3 Å². The molecule has 1 aromatic heterocycles. The van der Waals surface area contributed by atoms with Crippen LogP contribution in [0.15, 0.2) is 48.7 Å². The first-order valence-electron chi connectivity index (χ1n) is 8.80. The number of likely N-dealkylation sites (tertiary alicyclic amines) is 1. The van der Waals surface area contributed by atoms with Gasteiger partial charge in [-0.15, -0.1) is 0 Å². The van der Waals surface area contributed by atoms with Crippen molar-refractivity contribution in [2.75, 3.05) is 26.7 Å². The molecule has 25 heavy (non-hydrogen) atoms. The molecule has 1 atom stereocenters. The first-order valence-corrected chi connectivity index (χ1v) is 8.80. The lowest BCUT2D eigenvalue weighted by molar-refractivity contribution is -0.0113. The number of carbonyl (C=O) groups is 1. The Morgan fingerprint density at radius 2 is 2.00 bits per heavy atom. The Morgan fingerprint density at radius 1 is 1.16 bits per heavy atom. The molecule has 2 aliphatic heterocycles. The van der Waals surface area contributed by atoms with Gasteiger partial charge in [0, 0.05) is 31.9 Å². The molecule has 1 amide bonds. The van der Waals surface area contributed by atoms with Crippen LogP contribution in [0.4, 0.5) is 4.79 Å². The number of hydrogen-bond donors (Lipinski definition) is 0. The van der Waals surface area contributed by atoms with Gasteiger partial charge in [-0.05, 0) is 37.1 Å². The van der Waals surface area contributed by atoms with Gasteiger partial charge in [-0.3, -0.25) is 9.88 Å². The Balaban J connectivity index is 1.43. The quantitative estimate of drug-likeness (QED) is 0.863. The molecule has 2 fully saturated rings. The number of aromatic nitrogens is 1. The van der Waals surface area contributed by atoms with Crippen molar-refractivity contribution in [3.63, 3.8) is 0 Å². The molecule has 1 aromatic carbocycles. The van der Waals surface area contributed by atoms with Crippen LogP contribution in [0.3, 0.4) is 0 Å². The maximum atomic E-state index is 11.8. The summed E-state index contributed by atoms with van der Waals surface area (Å²) in [6.07, 6.45) is 3.64. The zero-order valence-electron chi connectivity index (χ0n) is 14.5. The minimum absolute atomic E-state index is 0.193. The molecule has 2 aromatic rings. The molecule has 0 bridgehead atoms. The fraction of sp³-hybridized carbons (Fsp3) is 0.400. The lowest BCUT2D eigenvalue weighted by Gasteiger charge is -2.38. The van der Waals surface area contributed by atoms with Crippen LogP contribution in [0, 0.1) is 0 Å². The summed E-state index contributed by atoms with van der Waals surface area (Å²) < 4.78 is 5.68. The van der Waals surface area contributed by atoms with E-state index in [9.17, 15) is 4.79 Å². The number of hydrogen-bond acceptors (Lipinski definition) is 4. The van der Waals surface area contributed by atoms with Crippen LogP contribution in [-0.4, -0.2) is 53.2 Å². The number of piperidine rings is 1. The molecule has 5 heteroatoms. The second kappa shape index (κ2) is 6.48. The minimum atomic E-state index is -0.321. The Labute approximate surface area is 148 Å². The molecular weight excluding hydrogens is 314 g/mol. The van der Waals surface area contributed by atoms with Crippen molar-refractivity contribution < 1.29 is 9.53 Å². The van der Waals surface area contributed by atoms with Gasteiger partial charge in [0.15, 0.2) is 0 Å². The van der Waals surface area contributed by atoms with E-state index < -0.39 is 0 Å². The molecule has 5 nitrogen and oxygen atoms in total. The number of benzene rings is 1. The topological polar surface area (TPSA) is 45.7 Å². The lowest BCUT2D eigenvalue weighted by atomic mass is 9.92. The van der Waals surface area contributed by atoms with Gasteiger partial charge in [0.2, 0.25) is 0 Å². The summed E-state index contributed by atoms with van der Waals surface area (Å²) in [5.41, 5.74) is 3.07. The zero-order valence-corrected chi connectivity index (χ0v) is 14.5. The van der Waals surface area contributed by atoms with Crippen LogP contribution in [0.1, 0.15) is 18.4 Å². The van der Waals surface area contributed by atoms with E-state index in [0.717, 1.165) is 43.7 Å². The van der Waals surface area contributed by atoms with E-state index >= 15 is 0 Å². The van der Waals surface area contributed by atoms with Gasteiger partial charge in [-0.2, -0.15) is 0 Å². The Morgan fingerprint density at radius 3 is 2.68 bits per heavy atom. The average Bonchev–Trinajstić information content (AvgIpc) is 2.89. The van der Waals surface area contributed by atoms with Gasteiger partial charge in [-0.25, -0.2) is 4.79 Å². The Bertz CT molecular complexity index is 747. The van der Waals surface area contributed by atoms with E-state index in [1.165, 1.54) is 5.56 Å². The molecule has 4 rings (SSSR count). The molecule has 130 valence electrons. The maximum Gasteiger partial charge on any atom is 0.410 e. The van der Waals surface area contributed by atoms with Crippen molar-refractivity contribution in [1.29, 1.82) is 0 Å². The highest BCUT2D eigenvalue weighted by molar-refractivity contribution is 5.70. The van der Waals surface area contributed by atoms with Crippen molar-refractivity contribution in [1.82, 2.24) is 14.8 Å². The van der Waals surface area contributed by atoms with E-state index in [1.54, 1.807) is 4.90 Å². The third-order valence-corrected chi connectivity index (χ3v) is 5.08. The van der Waals surface area contributed by atoms with E-state index in [2.05, 4.69) is 34.1 Å². The summed E-state index contributed by atoms with van der Waals surface area (Å²) in [5, 5.41) is 0. The number of likely N-dealkylation sites (N-methyl/N-ethyl adjacent to an activating group) is 1. The van der Waals surface area contributed by atoms with E-state index in [-0.39, 0.29) is 11.7 Å². The van der Waals surface area contributed by atoms with Gasteiger partial charge >= 0.3 is 6.09 Å². The smallest absolute Gasteiger partial charge is 0.410 e. The van der Waals surface area contributed by atoms with Crippen LogP contribution in [-0.2, 0) is 11.3 Å². The lowest BCUT2D eigenvalue weighted by Crippen LogP contribution is -2.50. The van der Waals surface area contributed by atoms with Gasteiger partial charge in [0.25, 0.3) is 0 Å². The molecule has 0 aliphatic carbocycles. The summed E-state index contributed by atoms with van der Waals surface area (Å²) in [7, 11) is 1.81. The second-order valence-electron chi connectivity index (χ2n) is 7.13. The first-order chi connectivity index (χ1) is 12.1. The molecule has 0 saturated carbocycles. The maximum absolute atomic E-state index is 11.8. The monoisotopic (exact) mass is 337 g/mol. The normalized spacial score (nSPS) is 23.9. The van der Waals surface area contributed by atoms with Crippen LogP contribution >= 0.6 is 0 Å². The Hall–Kier alpha value is -2.40. The fourth-order valence-electron chi connectivity index (χ4n) is 3.90. The number of carbonyl (C=O) groups excluding carboxylic acids is 1. The summed E-state index contributed by atoms with van der Waals surface area (Å²) in [4.78, 5) is 20.2. The fourth-order valence-corrected chi connectivity index (χ4v) is 3.90. The van der Waals surface area contributed by atoms with Gasteiger partial charge in [0.1, 0.15) is 5.60 Å². The van der Waals surface area contributed by atoms with E-state index in [4.69, 9.17) is 4.74 Å². The first kappa shape index (κ1) is 16.1. The van der Waals surface area contributed by atoms with Gasteiger partial charge < -0.3 is 9.64 Å². The third kappa shape index (κ3) is 3.37. The van der Waals surface area contributed by atoms with Crippen molar-refractivity contribution in [3.8, 4) is 11.3 Å². The highest BCUT2D eigenvalue weighted by atomic mass is 16.6. The van der Waals surface area contributed by atoms with E-state index in [1.807, 2.05) is 31.4 Å². The highest BCUT2D eigenvalue weighted by Gasteiger charge is 2.46. The number of ether oxygens (including phenoxy) is 1. The standard InChI is InChI=1S/C20H23N3O2/c1-22-14-20(25-19(22)24)10-4-12-23(15-20)13-16-6-8-17(9-7-16)18-5-2-3-11-21-18/h2-3,5-9,11H,4,10,12-15H2,1H3. The highest BCUT2D eigenvalue weighted by Crippen LogP contribution is 2.32. The van der Waals surface area contributed by atoms with Crippen molar-refractivity contribution in [2.45, 2.75) is 25.0 Å². The zero-order chi connectivity index (χ0) is 17.3. The number of pyridine rings is 1. The molecule has 1 spiro atoms. The van der Waals surface area contributed by atoms with E-state index in [0.29, 0.717) is 6.54 Å². The van der Waals surface area contributed by atoms with Crippen LogP contribution in [0.2, 0.25) is 0 Å². The van der Waals surface area contributed by atoms with Crippen molar-refractivity contribution in [3.05, 3.63) is 54.2 Å². The summed E-state index contributed by atoms with van der Waals surface area (Å²) in [6, 6.07) is 14.5. The molecule has 2 aliphatic rings. The predicted molar refractivity (Wildman–Crippen MR) is 96.0 cm³/mol. The molecule has 3 heterocycles. The van der Waals surface area contributed by atoms with Crippen LogP contribution in [0.5, 0.6) is 0 Å². The largest absolute Gasteiger partial charge is 0.440 e. The third-order valence-electron chi connectivity index (χ3n) is 5.08. The minimum Gasteiger partial charge on any atom is -0.440 e. The SMILES string of the molecule is CN1CC2(CCCN(Cc3ccc(-c4ccccn4)cc3)C2)OC1=O. The number of rotatable bonds is 3. The summed E-state index contributed by atoms with van der Waals surface area (Å²) in [6.45, 7) is 3.43. The van der Waals surface area contributed by atoms with Crippen molar-refractivity contribution >= 4 is 6.09 Å². The molecule has 0 radical (unpaired) electrons. The number of nitrogens with zero attached hydrogens (tertiary/aromatic N) is 3. The Kier molecular flexibility index (Phi) is 4.17. The predicted octanol–water partition coefficient (Wildman–Crippen LogP) is 3.17. The molecule has 2 saturated heterocycles. The van der Waals surface area contributed by atoms with Crippen LogP contribution < -0.4 is 0 Å². The number of amides is 1. The summed E-state index contributed by atoms with van der Waals surface area (Å²) >= 11 is 0. The average molecular weight is 337 g/mol. The molecule has 0 N–H and O–H groups in total.